The number of allylic oxidation sites excluding steroid dienone is 2. The highest BCUT2D eigenvalue weighted by Gasteiger charge is 2.16. The summed E-state index contributed by atoms with van der Waals surface area (Å²) in [7, 11) is 0. The van der Waals surface area contributed by atoms with Crippen molar-refractivity contribution in [3.8, 4) is 0 Å². The van der Waals surface area contributed by atoms with Crippen molar-refractivity contribution >= 4 is 11.8 Å². The number of Topliss-reactive ketones (excluding diaryl/α,β-unsaturated/α-hetero) is 1. The van der Waals surface area contributed by atoms with Crippen LogP contribution < -0.4 is 0 Å². The lowest BCUT2D eigenvalue weighted by molar-refractivity contribution is -0.149. The fourth-order valence-electron chi connectivity index (χ4n) is 1.10. The Hall–Kier alpha value is -1.12. The molecular weight excluding hydrogens is 204 g/mol. The predicted octanol–water partition coefficient (Wildman–Crippen LogP) is 2.75. The van der Waals surface area contributed by atoms with Gasteiger partial charge in [-0.15, -0.1) is 0 Å². The topological polar surface area (TPSA) is 43.4 Å². The summed E-state index contributed by atoms with van der Waals surface area (Å²) in [5.41, 5.74) is 0. The minimum absolute atomic E-state index is 0.0949. The van der Waals surface area contributed by atoms with Gasteiger partial charge in [-0.1, -0.05) is 32.9 Å². The molecule has 3 nitrogen and oxygen atoms in total. The van der Waals surface area contributed by atoms with Crippen LogP contribution in [0.5, 0.6) is 0 Å². The summed E-state index contributed by atoms with van der Waals surface area (Å²) in [6.07, 6.45) is 3.51. The van der Waals surface area contributed by atoms with Gasteiger partial charge < -0.3 is 4.74 Å². The van der Waals surface area contributed by atoms with E-state index in [2.05, 4.69) is 0 Å². The van der Waals surface area contributed by atoms with Gasteiger partial charge in [-0.25, -0.2) is 0 Å². The smallest absolute Gasteiger partial charge is 0.313 e. The molecule has 0 aliphatic carbocycles. The lowest BCUT2D eigenvalue weighted by atomic mass is 10.0. The van der Waals surface area contributed by atoms with E-state index in [1.54, 1.807) is 20.8 Å². The molecule has 0 saturated heterocycles. The van der Waals surface area contributed by atoms with Gasteiger partial charge in [0.15, 0.2) is 5.78 Å². The number of carbonyl (C=O) groups is 2. The van der Waals surface area contributed by atoms with Crippen molar-refractivity contribution < 1.29 is 14.3 Å². The van der Waals surface area contributed by atoms with Crippen molar-refractivity contribution in [1.82, 2.24) is 0 Å². The summed E-state index contributed by atoms with van der Waals surface area (Å²) in [4.78, 5) is 22.8. The number of esters is 1. The molecule has 0 spiro atoms. The lowest BCUT2D eigenvalue weighted by Crippen LogP contribution is -2.18. The summed E-state index contributed by atoms with van der Waals surface area (Å²) in [5, 5.41) is 0. The Morgan fingerprint density at radius 3 is 2.06 bits per heavy atom. The van der Waals surface area contributed by atoms with Gasteiger partial charge in [0.05, 0.1) is 6.10 Å². The third-order valence-corrected chi connectivity index (χ3v) is 1.98. The third-order valence-electron chi connectivity index (χ3n) is 1.98. The molecule has 0 aromatic heterocycles. The van der Waals surface area contributed by atoms with Crippen LogP contribution in [0.2, 0.25) is 0 Å². The van der Waals surface area contributed by atoms with Gasteiger partial charge in [0.25, 0.3) is 0 Å². The normalized spacial score (nSPS) is 13.4. The predicted molar refractivity (Wildman–Crippen MR) is 64.0 cm³/mol. The molecule has 0 N–H and O–H groups in total. The quantitative estimate of drug-likeness (QED) is 0.397. The Morgan fingerprint density at radius 1 is 1.06 bits per heavy atom. The highest BCUT2D eigenvalue weighted by atomic mass is 16.5. The average Bonchev–Trinajstić information content (AvgIpc) is 2.12. The van der Waals surface area contributed by atoms with E-state index in [-0.39, 0.29) is 24.2 Å². The van der Waals surface area contributed by atoms with Gasteiger partial charge in [0.2, 0.25) is 0 Å². The zero-order valence-electron chi connectivity index (χ0n) is 10.8. The second-order valence-electron chi connectivity index (χ2n) is 4.60. The first kappa shape index (κ1) is 14.9. The molecule has 16 heavy (non-hydrogen) atoms. The van der Waals surface area contributed by atoms with Gasteiger partial charge in [-0.05, 0) is 19.8 Å². The van der Waals surface area contributed by atoms with Crippen LogP contribution in [0.25, 0.3) is 0 Å². The Morgan fingerprint density at radius 2 is 1.62 bits per heavy atom. The SMILES string of the molecule is CC(C)/C=C/[C@@H](C)C(=O)CC(=O)OC(C)C. The van der Waals surface area contributed by atoms with E-state index in [0.717, 1.165) is 0 Å². The first-order chi connectivity index (χ1) is 7.32. The monoisotopic (exact) mass is 226 g/mol. The first-order valence-electron chi connectivity index (χ1n) is 5.73. The van der Waals surface area contributed by atoms with Crippen LogP contribution in [0.3, 0.4) is 0 Å². The molecular formula is C13H22O3. The second kappa shape index (κ2) is 7.20. The van der Waals surface area contributed by atoms with Gasteiger partial charge in [0.1, 0.15) is 6.42 Å². The van der Waals surface area contributed by atoms with Crippen molar-refractivity contribution in [2.24, 2.45) is 11.8 Å². The zero-order valence-corrected chi connectivity index (χ0v) is 10.8. The third kappa shape index (κ3) is 7.21. The van der Waals surface area contributed by atoms with E-state index in [0.29, 0.717) is 5.92 Å². The molecule has 0 amide bonds. The van der Waals surface area contributed by atoms with Crippen molar-refractivity contribution in [3.63, 3.8) is 0 Å². The summed E-state index contributed by atoms with van der Waals surface area (Å²) in [5.74, 6) is -0.340. The van der Waals surface area contributed by atoms with Gasteiger partial charge in [-0.3, -0.25) is 9.59 Å². The fraction of sp³-hybridized carbons (Fsp3) is 0.692. The molecule has 0 aromatic carbocycles. The molecule has 0 saturated carbocycles. The molecule has 0 heterocycles. The lowest BCUT2D eigenvalue weighted by Gasteiger charge is -2.09. The first-order valence-corrected chi connectivity index (χ1v) is 5.73. The van der Waals surface area contributed by atoms with E-state index in [1.165, 1.54) is 0 Å². The van der Waals surface area contributed by atoms with E-state index in [1.807, 2.05) is 26.0 Å². The van der Waals surface area contributed by atoms with Crippen LogP contribution in [-0.2, 0) is 14.3 Å². The highest BCUT2D eigenvalue weighted by Crippen LogP contribution is 2.07. The Bertz CT molecular complexity index is 264. The Balaban J connectivity index is 4.10. The molecule has 3 heteroatoms. The highest BCUT2D eigenvalue weighted by molar-refractivity contribution is 5.97. The average molecular weight is 226 g/mol. The van der Waals surface area contributed by atoms with Crippen molar-refractivity contribution in [3.05, 3.63) is 12.2 Å². The van der Waals surface area contributed by atoms with Crippen molar-refractivity contribution in [2.75, 3.05) is 0 Å². The molecule has 1 atom stereocenters. The minimum atomic E-state index is -0.440. The van der Waals surface area contributed by atoms with Crippen LogP contribution in [0, 0.1) is 11.8 Å². The van der Waals surface area contributed by atoms with E-state index in [4.69, 9.17) is 4.74 Å². The molecule has 0 aromatic rings. The van der Waals surface area contributed by atoms with Crippen LogP contribution >= 0.6 is 0 Å². The number of rotatable bonds is 6. The molecule has 0 rings (SSSR count). The maximum absolute atomic E-state index is 11.6. The molecule has 0 fully saturated rings. The van der Waals surface area contributed by atoms with Gasteiger partial charge in [0, 0.05) is 5.92 Å². The minimum Gasteiger partial charge on any atom is -0.463 e. The van der Waals surface area contributed by atoms with Crippen molar-refractivity contribution in [2.45, 2.75) is 47.1 Å². The summed E-state index contributed by atoms with van der Waals surface area (Å²) in [6, 6.07) is 0. The standard InChI is InChI=1S/C13H22O3/c1-9(2)6-7-11(5)12(14)8-13(15)16-10(3)4/h6-7,9-11H,8H2,1-5H3/b7-6+/t11-/m1/s1. The van der Waals surface area contributed by atoms with Gasteiger partial charge >= 0.3 is 5.97 Å². The number of ketones is 1. The second-order valence-corrected chi connectivity index (χ2v) is 4.60. The van der Waals surface area contributed by atoms with Crippen LogP contribution in [0.1, 0.15) is 41.0 Å². The molecule has 0 aliphatic heterocycles. The van der Waals surface area contributed by atoms with Crippen LogP contribution in [-0.4, -0.2) is 17.9 Å². The Labute approximate surface area is 97.9 Å². The van der Waals surface area contributed by atoms with E-state index < -0.39 is 5.97 Å². The van der Waals surface area contributed by atoms with Crippen LogP contribution in [0.4, 0.5) is 0 Å². The van der Waals surface area contributed by atoms with E-state index >= 15 is 0 Å². The number of hydrogen-bond donors (Lipinski definition) is 0. The summed E-state index contributed by atoms with van der Waals surface area (Å²) >= 11 is 0. The summed E-state index contributed by atoms with van der Waals surface area (Å²) < 4.78 is 4.91. The zero-order chi connectivity index (χ0) is 12.7. The molecule has 0 radical (unpaired) electrons. The Kier molecular flexibility index (Phi) is 6.70. The molecule has 0 bridgehead atoms. The van der Waals surface area contributed by atoms with Crippen molar-refractivity contribution in [1.29, 1.82) is 0 Å². The molecule has 92 valence electrons. The number of ether oxygens (including phenoxy) is 1. The number of carbonyl (C=O) groups excluding carboxylic acids is 2. The maximum Gasteiger partial charge on any atom is 0.313 e. The van der Waals surface area contributed by atoms with Gasteiger partial charge in [-0.2, -0.15) is 0 Å². The molecule has 0 unspecified atom stereocenters. The fourth-order valence-corrected chi connectivity index (χ4v) is 1.10. The van der Waals surface area contributed by atoms with E-state index in [9.17, 15) is 9.59 Å². The number of hydrogen-bond acceptors (Lipinski definition) is 3. The van der Waals surface area contributed by atoms with Crippen LogP contribution in [0.15, 0.2) is 12.2 Å². The maximum atomic E-state index is 11.6. The largest absolute Gasteiger partial charge is 0.463 e. The molecule has 0 aliphatic rings. The summed E-state index contributed by atoms with van der Waals surface area (Å²) in [6.45, 7) is 9.42.